The molecular formula is C13H20N2O2. The Morgan fingerprint density at radius 3 is 2.76 bits per heavy atom. The third kappa shape index (κ3) is 3.23. The van der Waals surface area contributed by atoms with Gasteiger partial charge in [0.05, 0.1) is 0 Å². The highest BCUT2D eigenvalue weighted by Gasteiger charge is 2.36. The second-order valence-electron chi connectivity index (χ2n) is 4.37. The van der Waals surface area contributed by atoms with Crippen LogP contribution >= 0.6 is 0 Å². The Kier molecular flexibility index (Phi) is 5.02. The molecule has 1 heterocycles. The number of terminal acetylenes is 1. The maximum atomic E-state index is 12.1. The largest absolute Gasteiger partial charge is 0.343 e. The van der Waals surface area contributed by atoms with Gasteiger partial charge in [0.15, 0.2) is 0 Å². The van der Waals surface area contributed by atoms with Gasteiger partial charge in [-0.25, -0.2) is 0 Å². The SMILES string of the molecule is C#CCCCN1C(=O)C(CCC)NC(=O)C1C. The average molecular weight is 236 g/mol. The lowest BCUT2D eigenvalue weighted by atomic mass is 10.0. The highest BCUT2D eigenvalue weighted by molar-refractivity contribution is 5.96. The molecule has 4 heteroatoms. The molecule has 4 nitrogen and oxygen atoms in total. The topological polar surface area (TPSA) is 49.4 Å². The summed E-state index contributed by atoms with van der Waals surface area (Å²) in [5.74, 6) is 2.50. The molecule has 0 radical (unpaired) electrons. The minimum absolute atomic E-state index is 0.0240. The smallest absolute Gasteiger partial charge is 0.245 e. The fraction of sp³-hybridized carbons (Fsp3) is 0.692. The van der Waals surface area contributed by atoms with E-state index in [4.69, 9.17) is 6.42 Å². The quantitative estimate of drug-likeness (QED) is 0.570. The van der Waals surface area contributed by atoms with Gasteiger partial charge in [-0.1, -0.05) is 13.3 Å². The lowest BCUT2D eigenvalue weighted by Gasteiger charge is -2.37. The van der Waals surface area contributed by atoms with Crippen molar-refractivity contribution < 1.29 is 9.59 Å². The van der Waals surface area contributed by atoms with Crippen LogP contribution in [0.2, 0.25) is 0 Å². The van der Waals surface area contributed by atoms with E-state index in [9.17, 15) is 9.59 Å². The van der Waals surface area contributed by atoms with Gasteiger partial charge in [-0.05, 0) is 19.8 Å². The Balaban J connectivity index is 2.66. The molecule has 2 atom stereocenters. The Morgan fingerprint density at radius 1 is 1.47 bits per heavy atom. The highest BCUT2D eigenvalue weighted by atomic mass is 16.2. The molecule has 17 heavy (non-hydrogen) atoms. The van der Waals surface area contributed by atoms with Crippen molar-refractivity contribution in [3.8, 4) is 12.3 Å². The standard InChI is InChI=1S/C13H20N2O2/c1-4-6-7-9-15-10(3)12(16)14-11(8-5-2)13(15)17/h1,10-11H,5-9H2,2-3H3,(H,14,16). The first-order valence-corrected chi connectivity index (χ1v) is 6.16. The minimum Gasteiger partial charge on any atom is -0.343 e. The first-order chi connectivity index (χ1) is 8.11. The average Bonchev–Trinajstić information content (AvgIpc) is 2.31. The van der Waals surface area contributed by atoms with Crippen LogP contribution in [0.4, 0.5) is 0 Å². The van der Waals surface area contributed by atoms with Crippen LogP contribution in [0.3, 0.4) is 0 Å². The number of hydrogen-bond donors (Lipinski definition) is 1. The van der Waals surface area contributed by atoms with E-state index in [1.54, 1.807) is 11.8 Å². The van der Waals surface area contributed by atoms with E-state index in [1.807, 2.05) is 6.92 Å². The van der Waals surface area contributed by atoms with E-state index in [0.29, 0.717) is 19.4 Å². The predicted octanol–water partition coefficient (Wildman–Crippen LogP) is 0.915. The lowest BCUT2D eigenvalue weighted by molar-refractivity contribution is -0.148. The molecule has 1 rings (SSSR count). The summed E-state index contributed by atoms with van der Waals surface area (Å²) in [6, 6.07) is -0.733. The summed E-state index contributed by atoms with van der Waals surface area (Å²) < 4.78 is 0. The normalized spacial score (nSPS) is 24.4. The molecule has 0 spiro atoms. The number of hydrogen-bond acceptors (Lipinski definition) is 2. The molecular weight excluding hydrogens is 216 g/mol. The number of carbonyl (C=O) groups is 2. The predicted molar refractivity (Wildman–Crippen MR) is 66.1 cm³/mol. The van der Waals surface area contributed by atoms with Crippen molar-refractivity contribution >= 4 is 11.8 Å². The summed E-state index contributed by atoms with van der Waals surface area (Å²) in [6.45, 7) is 4.32. The lowest BCUT2D eigenvalue weighted by Crippen LogP contribution is -2.62. The summed E-state index contributed by atoms with van der Waals surface area (Å²) in [7, 11) is 0. The molecule has 1 fully saturated rings. The molecule has 0 aromatic heterocycles. The Hall–Kier alpha value is -1.50. The van der Waals surface area contributed by atoms with Crippen LogP contribution in [0.15, 0.2) is 0 Å². The number of unbranched alkanes of at least 4 members (excludes halogenated alkanes) is 1. The summed E-state index contributed by atoms with van der Waals surface area (Å²) in [5.41, 5.74) is 0. The van der Waals surface area contributed by atoms with Crippen molar-refractivity contribution in [3.63, 3.8) is 0 Å². The van der Waals surface area contributed by atoms with E-state index in [2.05, 4.69) is 11.2 Å². The molecule has 2 unspecified atom stereocenters. The van der Waals surface area contributed by atoms with Crippen LogP contribution in [-0.2, 0) is 9.59 Å². The van der Waals surface area contributed by atoms with Gasteiger partial charge in [0.1, 0.15) is 12.1 Å². The summed E-state index contributed by atoms with van der Waals surface area (Å²) in [5, 5.41) is 2.77. The third-order valence-corrected chi connectivity index (χ3v) is 3.04. The van der Waals surface area contributed by atoms with Gasteiger partial charge < -0.3 is 10.2 Å². The zero-order chi connectivity index (χ0) is 12.8. The molecule has 0 aromatic carbocycles. The third-order valence-electron chi connectivity index (χ3n) is 3.04. The van der Waals surface area contributed by atoms with Crippen LogP contribution < -0.4 is 5.32 Å². The van der Waals surface area contributed by atoms with Crippen molar-refractivity contribution in [2.45, 2.75) is 51.6 Å². The fourth-order valence-corrected chi connectivity index (χ4v) is 2.03. The number of nitrogens with one attached hydrogen (secondary N) is 1. The second kappa shape index (κ2) is 6.29. The molecule has 1 saturated heterocycles. The van der Waals surface area contributed by atoms with Crippen molar-refractivity contribution in [2.24, 2.45) is 0 Å². The monoisotopic (exact) mass is 236 g/mol. The van der Waals surface area contributed by atoms with Crippen LogP contribution in [0.1, 0.15) is 39.5 Å². The van der Waals surface area contributed by atoms with Gasteiger partial charge in [0.2, 0.25) is 11.8 Å². The molecule has 0 saturated carbocycles. The van der Waals surface area contributed by atoms with Crippen LogP contribution in [0, 0.1) is 12.3 Å². The molecule has 0 aromatic rings. The van der Waals surface area contributed by atoms with E-state index >= 15 is 0 Å². The van der Waals surface area contributed by atoms with Gasteiger partial charge >= 0.3 is 0 Å². The number of rotatable bonds is 5. The van der Waals surface area contributed by atoms with Crippen molar-refractivity contribution in [1.82, 2.24) is 10.2 Å². The van der Waals surface area contributed by atoms with Gasteiger partial charge in [-0.15, -0.1) is 12.3 Å². The van der Waals surface area contributed by atoms with E-state index in [1.165, 1.54) is 0 Å². The minimum atomic E-state index is -0.381. The van der Waals surface area contributed by atoms with Crippen molar-refractivity contribution in [2.75, 3.05) is 6.54 Å². The first kappa shape index (κ1) is 13.6. The maximum absolute atomic E-state index is 12.1. The first-order valence-electron chi connectivity index (χ1n) is 6.16. The fourth-order valence-electron chi connectivity index (χ4n) is 2.03. The Bertz CT molecular complexity index is 333. The van der Waals surface area contributed by atoms with Gasteiger partial charge in [-0.3, -0.25) is 9.59 Å². The zero-order valence-electron chi connectivity index (χ0n) is 10.5. The Morgan fingerprint density at radius 2 is 2.18 bits per heavy atom. The van der Waals surface area contributed by atoms with Gasteiger partial charge in [0.25, 0.3) is 0 Å². The maximum Gasteiger partial charge on any atom is 0.245 e. The van der Waals surface area contributed by atoms with E-state index in [0.717, 1.165) is 12.8 Å². The summed E-state index contributed by atoms with van der Waals surface area (Å²) in [4.78, 5) is 25.5. The van der Waals surface area contributed by atoms with Crippen molar-refractivity contribution in [3.05, 3.63) is 0 Å². The molecule has 2 amide bonds. The Labute approximate surface area is 103 Å². The number of carbonyl (C=O) groups excluding carboxylic acids is 2. The number of nitrogens with zero attached hydrogens (tertiary/aromatic N) is 1. The molecule has 1 N–H and O–H groups in total. The van der Waals surface area contributed by atoms with E-state index in [-0.39, 0.29) is 23.9 Å². The molecule has 1 aliphatic rings. The molecule has 0 aliphatic carbocycles. The van der Waals surface area contributed by atoms with Gasteiger partial charge in [0, 0.05) is 13.0 Å². The summed E-state index contributed by atoms with van der Waals surface area (Å²) in [6.07, 6.45) is 8.14. The van der Waals surface area contributed by atoms with Crippen molar-refractivity contribution in [1.29, 1.82) is 0 Å². The van der Waals surface area contributed by atoms with Crippen LogP contribution in [-0.4, -0.2) is 35.3 Å². The highest BCUT2D eigenvalue weighted by Crippen LogP contribution is 2.14. The molecule has 0 bridgehead atoms. The van der Waals surface area contributed by atoms with Gasteiger partial charge in [-0.2, -0.15) is 0 Å². The molecule has 94 valence electrons. The second-order valence-corrected chi connectivity index (χ2v) is 4.37. The molecule has 1 aliphatic heterocycles. The van der Waals surface area contributed by atoms with Crippen LogP contribution in [0.5, 0.6) is 0 Å². The van der Waals surface area contributed by atoms with E-state index < -0.39 is 0 Å². The number of piperazine rings is 1. The zero-order valence-corrected chi connectivity index (χ0v) is 10.5. The number of amides is 2. The summed E-state index contributed by atoms with van der Waals surface area (Å²) >= 11 is 0. The van der Waals surface area contributed by atoms with Crippen LogP contribution in [0.25, 0.3) is 0 Å².